The third kappa shape index (κ3) is 4.00. The predicted molar refractivity (Wildman–Crippen MR) is 75.7 cm³/mol. The molecule has 5 nitrogen and oxygen atoms in total. The fourth-order valence-corrected chi connectivity index (χ4v) is 4.68. The van der Waals surface area contributed by atoms with Crippen LogP contribution < -0.4 is 4.72 Å². The Bertz CT molecular complexity index is 507. The van der Waals surface area contributed by atoms with Crippen LogP contribution in [0.5, 0.6) is 0 Å². The average molecular weight is 304 g/mol. The summed E-state index contributed by atoms with van der Waals surface area (Å²) in [6.45, 7) is 4.62. The topological polar surface area (TPSA) is 69.6 Å². The van der Waals surface area contributed by atoms with E-state index in [1.54, 1.807) is 5.38 Å². The number of rotatable bonds is 6. The summed E-state index contributed by atoms with van der Waals surface area (Å²) in [6.07, 6.45) is 2.40. The molecule has 1 atom stereocenters. The highest BCUT2D eigenvalue weighted by Crippen LogP contribution is 2.19. The number of likely N-dealkylation sites (tertiary alicyclic amines) is 1. The molecule has 0 aliphatic carbocycles. The molecule has 0 spiro atoms. The van der Waals surface area contributed by atoms with Crippen molar-refractivity contribution in [3.8, 4) is 0 Å². The highest BCUT2D eigenvalue weighted by atomic mass is 32.2. The van der Waals surface area contributed by atoms with Crippen molar-refractivity contribution in [3.63, 3.8) is 0 Å². The number of aliphatic hydroxyl groups excluding tert-OH is 1. The van der Waals surface area contributed by atoms with E-state index in [0.717, 1.165) is 19.6 Å². The van der Waals surface area contributed by atoms with Gasteiger partial charge in [0.2, 0.25) is 10.0 Å². The first-order valence-electron chi connectivity index (χ1n) is 6.44. The van der Waals surface area contributed by atoms with Crippen molar-refractivity contribution in [1.29, 1.82) is 0 Å². The van der Waals surface area contributed by atoms with Crippen molar-refractivity contribution >= 4 is 21.4 Å². The van der Waals surface area contributed by atoms with E-state index in [1.807, 2.05) is 6.92 Å². The Morgan fingerprint density at radius 1 is 1.47 bits per heavy atom. The molecule has 1 aliphatic heterocycles. The number of thiophene rings is 1. The number of nitrogens with zero attached hydrogens (tertiary/aromatic N) is 1. The largest absolute Gasteiger partial charge is 0.391 e. The first-order chi connectivity index (χ1) is 9.01. The molecule has 2 heterocycles. The number of hydrogen-bond donors (Lipinski definition) is 2. The summed E-state index contributed by atoms with van der Waals surface area (Å²) in [4.78, 5) is 3.18. The highest BCUT2D eigenvalue weighted by Gasteiger charge is 2.21. The summed E-state index contributed by atoms with van der Waals surface area (Å²) < 4.78 is 27.0. The minimum absolute atomic E-state index is 0.111. The summed E-state index contributed by atoms with van der Waals surface area (Å²) in [7, 11) is -3.47. The van der Waals surface area contributed by atoms with E-state index >= 15 is 0 Å². The van der Waals surface area contributed by atoms with E-state index < -0.39 is 10.0 Å². The van der Waals surface area contributed by atoms with Gasteiger partial charge in [0.25, 0.3) is 0 Å². The van der Waals surface area contributed by atoms with Crippen LogP contribution in [0.3, 0.4) is 0 Å². The van der Waals surface area contributed by atoms with Crippen LogP contribution >= 0.6 is 11.3 Å². The molecule has 2 rings (SSSR count). The Kier molecular flexibility index (Phi) is 4.97. The van der Waals surface area contributed by atoms with Gasteiger partial charge in [0.1, 0.15) is 0 Å². The SMILES string of the molecule is CC(CN1CCCC1)NS(=O)(=O)c1csc(CO)c1. The fourth-order valence-electron chi connectivity index (χ4n) is 2.31. The molecule has 1 aliphatic rings. The smallest absolute Gasteiger partial charge is 0.241 e. The van der Waals surface area contributed by atoms with Crippen molar-refractivity contribution in [3.05, 3.63) is 16.3 Å². The van der Waals surface area contributed by atoms with E-state index in [4.69, 9.17) is 5.11 Å². The number of aliphatic hydroxyl groups is 1. The molecule has 1 aromatic heterocycles. The van der Waals surface area contributed by atoms with Crippen LogP contribution in [-0.4, -0.2) is 44.1 Å². The summed E-state index contributed by atoms with van der Waals surface area (Å²) in [5.41, 5.74) is 0. The minimum Gasteiger partial charge on any atom is -0.391 e. The van der Waals surface area contributed by atoms with E-state index in [1.165, 1.54) is 30.2 Å². The average Bonchev–Trinajstić information content (AvgIpc) is 2.97. The molecule has 0 bridgehead atoms. The normalized spacial score (nSPS) is 18.8. The monoisotopic (exact) mass is 304 g/mol. The lowest BCUT2D eigenvalue weighted by atomic mass is 10.3. The van der Waals surface area contributed by atoms with Gasteiger partial charge in [0.15, 0.2) is 0 Å². The molecule has 0 radical (unpaired) electrons. The van der Waals surface area contributed by atoms with Gasteiger partial charge >= 0.3 is 0 Å². The van der Waals surface area contributed by atoms with Gasteiger partial charge in [-0.05, 0) is 38.9 Å². The zero-order valence-corrected chi connectivity index (χ0v) is 12.6. The van der Waals surface area contributed by atoms with Gasteiger partial charge in [0.05, 0.1) is 11.5 Å². The van der Waals surface area contributed by atoms with Gasteiger partial charge in [-0.3, -0.25) is 0 Å². The quantitative estimate of drug-likeness (QED) is 0.823. The second kappa shape index (κ2) is 6.32. The zero-order valence-electron chi connectivity index (χ0n) is 11.0. The maximum atomic E-state index is 12.1. The first-order valence-corrected chi connectivity index (χ1v) is 8.80. The first kappa shape index (κ1) is 14.9. The third-order valence-corrected chi connectivity index (χ3v) is 5.82. The lowest BCUT2D eigenvalue weighted by molar-refractivity contribution is 0.285. The molecular weight excluding hydrogens is 284 g/mol. The molecule has 1 aromatic rings. The van der Waals surface area contributed by atoms with Crippen LogP contribution in [0.4, 0.5) is 0 Å². The maximum absolute atomic E-state index is 12.1. The summed E-state index contributed by atoms with van der Waals surface area (Å²) >= 11 is 1.26. The molecule has 108 valence electrons. The minimum atomic E-state index is -3.47. The number of hydrogen-bond acceptors (Lipinski definition) is 5. The van der Waals surface area contributed by atoms with Gasteiger partial charge in [-0.2, -0.15) is 0 Å². The van der Waals surface area contributed by atoms with Crippen molar-refractivity contribution in [1.82, 2.24) is 9.62 Å². The van der Waals surface area contributed by atoms with Gasteiger partial charge in [-0.15, -0.1) is 11.3 Å². The molecular formula is C12H20N2O3S2. The van der Waals surface area contributed by atoms with E-state index in [-0.39, 0.29) is 17.5 Å². The Labute approximate surface area is 118 Å². The lowest BCUT2D eigenvalue weighted by Gasteiger charge is -2.20. The van der Waals surface area contributed by atoms with Crippen LogP contribution in [0, 0.1) is 0 Å². The third-order valence-electron chi connectivity index (χ3n) is 3.18. The molecule has 0 amide bonds. The van der Waals surface area contributed by atoms with Gasteiger partial charge in [-0.1, -0.05) is 0 Å². The molecule has 7 heteroatoms. The van der Waals surface area contributed by atoms with Crippen LogP contribution in [0.1, 0.15) is 24.6 Å². The van der Waals surface area contributed by atoms with Gasteiger partial charge < -0.3 is 10.0 Å². The summed E-state index contributed by atoms with van der Waals surface area (Å²) in [5, 5.41) is 10.5. The molecule has 1 unspecified atom stereocenters. The molecule has 0 aromatic carbocycles. The maximum Gasteiger partial charge on any atom is 0.241 e. The molecule has 19 heavy (non-hydrogen) atoms. The Hall–Kier alpha value is -0.470. The van der Waals surface area contributed by atoms with Crippen molar-refractivity contribution in [2.24, 2.45) is 0 Å². The Morgan fingerprint density at radius 2 is 2.16 bits per heavy atom. The number of nitrogens with one attached hydrogen (secondary N) is 1. The van der Waals surface area contributed by atoms with E-state index in [2.05, 4.69) is 9.62 Å². The molecule has 1 fully saturated rings. The van der Waals surface area contributed by atoms with E-state index in [0.29, 0.717) is 4.88 Å². The molecule has 0 saturated carbocycles. The highest BCUT2D eigenvalue weighted by molar-refractivity contribution is 7.89. The van der Waals surface area contributed by atoms with Crippen LogP contribution in [0.25, 0.3) is 0 Å². The molecule has 2 N–H and O–H groups in total. The predicted octanol–water partition coefficient (Wildman–Crippen LogP) is 1.00. The van der Waals surface area contributed by atoms with Crippen molar-refractivity contribution in [2.75, 3.05) is 19.6 Å². The van der Waals surface area contributed by atoms with Crippen molar-refractivity contribution in [2.45, 2.75) is 37.3 Å². The van der Waals surface area contributed by atoms with Crippen LogP contribution in [0.15, 0.2) is 16.3 Å². The van der Waals surface area contributed by atoms with Crippen LogP contribution in [0.2, 0.25) is 0 Å². The van der Waals surface area contributed by atoms with Gasteiger partial charge in [-0.25, -0.2) is 13.1 Å². The standard InChI is InChI=1S/C12H20N2O3S2/c1-10(7-14-4-2-3-5-14)13-19(16,17)12-6-11(8-15)18-9-12/h6,9-10,13,15H,2-5,7-8H2,1H3. The zero-order chi connectivity index (χ0) is 13.9. The van der Waals surface area contributed by atoms with Crippen LogP contribution in [-0.2, 0) is 16.6 Å². The fraction of sp³-hybridized carbons (Fsp3) is 0.667. The summed E-state index contributed by atoms with van der Waals surface area (Å²) in [5.74, 6) is 0. The van der Waals surface area contributed by atoms with Crippen molar-refractivity contribution < 1.29 is 13.5 Å². The van der Waals surface area contributed by atoms with E-state index in [9.17, 15) is 8.42 Å². The summed E-state index contributed by atoms with van der Waals surface area (Å²) in [6, 6.07) is 1.41. The Balaban J connectivity index is 1.95. The second-order valence-corrected chi connectivity index (χ2v) is 7.65. The molecule has 1 saturated heterocycles. The number of sulfonamides is 1. The second-order valence-electron chi connectivity index (χ2n) is 4.94. The lowest BCUT2D eigenvalue weighted by Crippen LogP contribution is -2.40. The van der Waals surface area contributed by atoms with Gasteiger partial charge in [0, 0.05) is 22.8 Å². The Morgan fingerprint density at radius 3 is 2.74 bits per heavy atom.